The Labute approximate surface area is 456 Å². The SMILES string of the molecule is CCCCCCCCCCCCCCCCCCCCCCCCC/C=C/C(O)C(CO)NC(=O)CCCCCCCCC/C=C\CCCCCCCCOC(=O)CCCCCCCCCCCCCCCC. The monoisotopic (exact) mass is 1030 g/mol. The van der Waals surface area contributed by atoms with Gasteiger partial charge < -0.3 is 20.3 Å². The third-order valence-electron chi connectivity index (χ3n) is 15.5. The maximum Gasteiger partial charge on any atom is 0.305 e. The van der Waals surface area contributed by atoms with Gasteiger partial charge in [0.25, 0.3) is 0 Å². The first-order valence-electron chi connectivity index (χ1n) is 33.1. The molecule has 6 heteroatoms. The number of unbranched alkanes of at least 4 members (excludes halogenated alkanes) is 49. The lowest BCUT2D eigenvalue weighted by atomic mass is 10.0. The summed E-state index contributed by atoms with van der Waals surface area (Å²) >= 11 is 0. The number of nitrogens with one attached hydrogen (secondary N) is 1. The van der Waals surface area contributed by atoms with Gasteiger partial charge in [0.15, 0.2) is 0 Å². The predicted octanol–water partition coefficient (Wildman–Crippen LogP) is 21.0. The van der Waals surface area contributed by atoms with Gasteiger partial charge in [-0.25, -0.2) is 0 Å². The summed E-state index contributed by atoms with van der Waals surface area (Å²) in [6.07, 6.45) is 78.0. The molecule has 6 nitrogen and oxygen atoms in total. The van der Waals surface area contributed by atoms with Crippen molar-refractivity contribution in [1.82, 2.24) is 5.32 Å². The van der Waals surface area contributed by atoms with Crippen LogP contribution in [0.3, 0.4) is 0 Å². The minimum atomic E-state index is -0.854. The van der Waals surface area contributed by atoms with Gasteiger partial charge in [0.2, 0.25) is 5.91 Å². The Morgan fingerprint density at radius 3 is 0.973 bits per heavy atom. The van der Waals surface area contributed by atoms with E-state index in [1.54, 1.807) is 6.08 Å². The van der Waals surface area contributed by atoms with E-state index in [0.29, 0.717) is 19.4 Å². The Morgan fingerprint density at radius 2 is 0.644 bits per heavy atom. The highest BCUT2D eigenvalue weighted by atomic mass is 16.5. The van der Waals surface area contributed by atoms with Crippen molar-refractivity contribution in [3.63, 3.8) is 0 Å². The Balaban J connectivity index is 3.47. The number of carbonyl (C=O) groups is 2. The van der Waals surface area contributed by atoms with Gasteiger partial charge in [-0.15, -0.1) is 0 Å². The highest BCUT2D eigenvalue weighted by molar-refractivity contribution is 5.76. The van der Waals surface area contributed by atoms with Crippen molar-refractivity contribution in [3.05, 3.63) is 24.3 Å². The van der Waals surface area contributed by atoms with Crippen LogP contribution in [0.2, 0.25) is 0 Å². The van der Waals surface area contributed by atoms with Crippen molar-refractivity contribution in [2.75, 3.05) is 13.2 Å². The van der Waals surface area contributed by atoms with E-state index in [1.165, 1.54) is 283 Å². The van der Waals surface area contributed by atoms with Crippen LogP contribution in [0.1, 0.15) is 367 Å². The van der Waals surface area contributed by atoms with E-state index in [4.69, 9.17) is 4.74 Å². The highest BCUT2D eigenvalue weighted by Crippen LogP contribution is 2.18. The third kappa shape index (κ3) is 59.4. The number of aliphatic hydroxyl groups excluding tert-OH is 2. The molecule has 0 saturated carbocycles. The molecule has 0 aliphatic rings. The zero-order valence-electron chi connectivity index (χ0n) is 49.4. The average Bonchev–Trinajstić information content (AvgIpc) is 3.39. The second-order valence-electron chi connectivity index (χ2n) is 22.8. The topological polar surface area (TPSA) is 95.9 Å². The van der Waals surface area contributed by atoms with Gasteiger partial charge >= 0.3 is 5.97 Å². The molecule has 2 unspecified atom stereocenters. The first-order chi connectivity index (χ1) is 36.0. The number of allylic oxidation sites excluding steroid dienone is 3. The lowest BCUT2D eigenvalue weighted by Gasteiger charge is -2.20. The number of hydrogen-bond acceptors (Lipinski definition) is 5. The Bertz CT molecular complexity index is 1140. The molecule has 0 aliphatic carbocycles. The molecule has 0 spiro atoms. The zero-order valence-corrected chi connectivity index (χ0v) is 49.4. The van der Waals surface area contributed by atoms with Gasteiger partial charge in [-0.2, -0.15) is 0 Å². The highest BCUT2D eigenvalue weighted by Gasteiger charge is 2.18. The quantitative estimate of drug-likeness (QED) is 0.0320. The van der Waals surface area contributed by atoms with E-state index < -0.39 is 12.1 Å². The first-order valence-corrected chi connectivity index (χ1v) is 33.1. The zero-order chi connectivity index (χ0) is 52.9. The van der Waals surface area contributed by atoms with Crippen molar-refractivity contribution in [1.29, 1.82) is 0 Å². The molecule has 2 atom stereocenters. The van der Waals surface area contributed by atoms with Crippen molar-refractivity contribution < 1.29 is 24.5 Å². The standard InChI is InChI=1S/C67H129NO5/c1-3-5-7-9-11-13-15-17-19-20-21-22-23-24-25-26-27-29-32-35-39-43-47-51-55-59-65(70)64(63-69)68-66(71)60-56-52-48-44-40-36-33-30-28-31-34-38-42-46-50-54-58-62-73-67(72)61-57-53-49-45-41-37-18-16-14-12-10-8-6-4-2/h28,31,55,59,64-65,69-70H,3-27,29-30,32-54,56-58,60-63H2,1-2H3,(H,68,71)/b31-28-,59-55+. The Kier molecular flexibility index (Phi) is 61.4. The molecule has 1 amide bonds. The second kappa shape index (κ2) is 62.9. The van der Waals surface area contributed by atoms with Gasteiger partial charge in [-0.05, 0) is 57.8 Å². The minimum absolute atomic E-state index is 0.000356. The van der Waals surface area contributed by atoms with E-state index in [0.717, 1.165) is 57.8 Å². The van der Waals surface area contributed by atoms with Crippen LogP contribution in [0.5, 0.6) is 0 Å². The number of amides is 1. The van der Waals surface area contributed by atoms with Crippen molar-refractivity contribution in [3.8, 4) is 0 Å². The number of carbonyl (C=O) groups excluding carboxylic acids is 2. The molecule has 73 heavy (non-hydrogen) atoms. The largest absolute Gasteiger partial charge is 0.466 e. The number of rotatable bonds is 62. The van der Waals surface area contributed by atoms with E-state index >= 15 is 0 Å². The van der Waals surface area contributed by atoms with E-state index in [9.17, 15) is 19.8 Å². The molecule has 0 aromatic heterocycles. The molecular formula is C67H129NO5. The summed E-state index contributed by atoms with van der Waals surface area (Å²) in [5, 5.41) is 23.2. The molecule has 3 N–H and O–H groups in total. The minimum Gasteiger partial charge on any atom is -0.466 e. The molecule has 0 heterocycles. The van der Waals surface area contributed by atoms with Crippen LogP contribution in [-0.4, -0.2) is 47.4 Å². The summed E-state index contributed by atoms with van der Waals surface area (Å²) in [6.45, 7) is 4.92. The molecule has 0 aromatic rings. The molecule has 0 saturated heterocycles. The summed E-state index contributed by atoms with van der Waals surface area (Å²) in [6, 6.07) is -0.638. The molecule has 432 valence electrons. The smallest absolute Gasteiger partial charge is 0.305 e. The van der Waals surface area contributed by atoms with Crippen LogP contribution in [0.15, 0.2) is 24.3 Å². The summed E-state index contributed by atoms with van der Waals surface area (Å²) in [7, 11) is 0. The van der Waals surface area contributed by atoms with E-state index in [-0.39, 0.29) is 18.5 Å². The normalized spacial score (nSPS) is 12.7. The van der Waals surface area contributed by atoms with Crippen LogP contribution in [0, 0.1) is 0 Å². The first kappa shape index (κ1) is 71.3. The summed E-state index contributed by atoms with van der Waals surface area (Å²) in [5.74, 6) is -0.0756. The maximum atomic E-state index is 12.5. The van der Waals surface area contributed by atoms with Crippen molar-refractivity contribution in [2.24, 2.45) is 0 Å². The number of esters is 1. The van der Waals surface area contributed by atoms with Gasteiger partial charge in [-0.1, -0.05) is 321 Å². The summed E-state index contributed by atoms with van der Waals surface area (Å²) < 4.78 is 5.48. The second-order valence-corrected chi connectivity index (χ2v) is 22.8. The Hall–Kier alpha value is -1.66. The predicted molar refractivity (Wildman–Crippen MR) is 320 cm³/mol. The fraction of sp³-hybridized carbons (Fsp3) is 0.910. The number of ether oxygens (including phenoxy) is 1. The molecule has 0 fully saturated rings. The summed E-state index contributed by atoms with van der Waals surface area (Å²) in [4.78, 5) is 24.6. The Morgan fingerprint density at radius 1 is 0.370 bits per heavy atom. The molecule has 0 radical (unpaired) electrons. The molecule has 0 rings (SSSR count). The maximum absolute atomic E-state index is 12.5. The molecule has 0 bridgehead atoms. The van der Waals surface area contributed by atoms with E-state index in [2.05, 4.69) is 31.3 Å². The fourth-order valence-electron chi connectivity index (χ4n) is 10.4. The molecule has 0 aromatic carbocycles. The van der Waals surface area contributed by atoms with Gasteiger partial charge in [0, 0.05) is 12.8 Å². The molecular weight excluding hydrogens is 899 g/mol. The number of hydrogen-bond donors (Lipinski definition) is 3. The third-order valence-corrected chi connectivity index (χ3v) is 15.5. The van der Waals surface area contributed by atoms with Crippen LogP contribution in [-0.2, 0) is 14.3 Å². The van der Waals surface area contributed by atoms with Gasteiger partial charge in [0.1, 0.15) is 0 Å². The molecule has 0 aliphatic heterocycles. The number of aliphatic hydroxyl groups is 2. The average molecular weight is 1030 g/mol. The van der Waals surface area contributed by atoms with E-state index in [1.807, 2.05) is 6.08 Å². The van der Waals surface area contributed by atoms with Gasteiger partial charge in [-0.3, -0.25) is 9.59 Å². The summed E-state index contributed by atoms with van der Waals surface area (Å²) in [5.41, 5.74) is 0. The lowest BCUT2D eigenvalue weighted by molar-refractivity contribution is -0.143. The van der Waals surface area contributed by atoms with Crippen LogP contribution >= 0.6 is 0 Å². The van der Waals surface area contributed by atoms with Crippen LogP contribution < -0.4 is 5.32 Å². The fourth-order valence-corrected chi connectivity index (χ4v) is 10.4. The van der Waals surface area contributed by atoms with Crippen molar-refractivity contribution >= 4 is 11.9 Å². The van der Waals surface area contributed by atoms with Crippen molar-refractivity contribution in [2.45, 2.75) is 379 Å². The van der Waals surface area contributed by atoms with Crippen LogP contribution in [0.4, 0.5) is 0 Å². The lowest BCUT2D eigenvalue weighted by Crippen LogP contribution is -2.45. The van der Waals surface area contributed by atoms with Gasteiger partial charge in [0.05, 0.1) is 25.4 Å². The van der Waals surface area contributed by atoms with Crippen LogP contribution in [0.25, 0.3) is 0 Å².